The fourth-order valence-corrected chi connectivity index (χ4v) is 2.72. The number of benzene rings is 1. The smallest absolute Gasteiger partial charge is 0.124 e. The van der Waals surface area contributed by atoms with Crippen LogP contribution in [-0.4, -0.2) is 13.2 Å². The van der Waals surface area contributed by atoms with Crippen LogP contribution in [0.15, 0.2) is 22.7 Å². The Hall–Kier alpha value is -0.450. The zero-order valence-electron chi connectivity index (χ0n) is 8.96. The van der Waals surface area contributed by atoms with Gasteiger partial charge in [0.1, 0.15) is 5.82 Å². The Morgan fingerprint density at radius 1 is 1.38 bits per heavy atom. The largest absolute Gasteiger partial charge is 0.381 e. The first-order valence-electron chi connectivity index (χ1n) is 5.47. The van der Waals surface area contributed by atoms with Crippen molar-refractivity contribution in [3.05, 3.63) is 34.1 Å². The number of nitrogens with two attached hydrogens (primary N) is 1. The molecule has 88 valence electrons. The molecular formula is C12H15BrFNO. The van der Waals surface area contributed by atoms with E-state index in [4.69, 9.17) is 10.5 Å². The zero-order chi connectivity index (χ0) is 11.5. The molecule has 0 saturated carbocycles. The molecule has 1 fully saturated rings. The van der Waals surface area contributed by atoms with Crippen molar-refractivity contribution < 1.29 is 9.13 Å². The molecule has 4 heteroatoms. The van der Waals surface area contributed by atoms with Crippen molar-refractivity contribution in [1.82, 2.24) is 0 Å². The molecule has 0 aliphatic carbocycles. The van der Waals surface area contributed by atoms with Gasteiger partial charge in [0.05, 0.1) is 0 Å². The van der Waals surface area contributed by atoms with Gasteiger partial charge in [0, 0.05) is 23.7 Å². The van der Waals surface area contributed by atoms with Crippen LogP contribution in [0.25, 0.3) is 0 Å². The summed E-state index contributed by atoms with van der Waals surface area (Å²) in [6, 6.07) is 4.65. The highest BCUT2D eigenvalue weighted by molar-refractivity contribution is 9.10. The van der Waals surface area contributed by atoms with Crippen LogP contribution in [0.4, 0.5) is 4.39 Å². The fourth-order valence-electron chi connectivity index (χ4n) is 2.10. The topological polar surface area (TPSA) is 35.2 Å². The van der Waals surface area contributed by atoms with E-state index in [1.807, 2.05) is 0 Å². The van der Waals surface area contributed by atoms with Gasteiger partial charge in [-0.15, -0.1) is 0 Å². The second-order valence-electron chi connectivity index (χ2n) is 4.14. The molecule has 1 heterocycles. The van der Waals surface area contributed by atoms with Crippen LogP contribution in [0.3, 0.4) is 0 Å². The molecule has 1 aliphatic heterocycles. The summed E-state index contributed by atoms with van der Waals surface area (Å²) in [5, 5.41) is 0. The Bertz CT molecular complexity index is 366. The van der Waals surface area contributed by atoms with Gasteiger partial charge < -0.3 is 10.5 Å². The third-order valence-electron chi connectivity index (χ3n) is 3.10. The van der Waals surface area contributed by atoms with Crippen LogP contribution < -0.4 is 5.73 Å². The predicted octanol–water partition coefficient (Wildman–Crippen LogP) is 3.01. The van der Waals surface area contributed by atoms with Crippen LogP contribution in [0, 0.1) is 11.7 Å². The van der Waals surface area contributed by atoms with Gasteiger partial charge in [-0.2, -0.15) is 0 Å². The SMILES string of the molecule is NC(c1ccc(F)cc1Br)C1CCOCC1. The second-order valence-corrected chi connectivity index (χ2v) is 5.00. The Kier molecular flexibility index (Phi) is 3.95. The van der Waals surface area contributed by atoms with E-state index in [1.54, 1.807) is 6.07 Å². The van der Waals surface area contributed by atoms with E-state index in [1.165, 1.54) is 12.1 Å². The van der Waals surface area contributed by atoms with Gasteiger partial charge in [-0.1, -0.05) is 22.0 Å². The summed E-state index contributed by atoms with van der Waals surface area (Å²) in [6.07, 6.45) is 1.95. The summed E-state index contributed by atoms with van der Waals surface area (Å²) in [6.45, 7) is 1.55. The highest BCUT2D eigenvalue weighted by Crippen LogP contribution is 2.32. The van der Waals surface area contributed by atoms with Gasteiger partial charge in [-0.25, -0.2) is 4.39 Å². The first-order valence-corrected chi connectivity index (χ1v) is 6.26. The lowest BCUT2D eigenvalue weighted by atomic mass is 9.88. The van der Waals surface area contributed by atoms with E-state index in [-0.39, 0.29) is 11.9 Å². The van der Waals surface area contributed by atoms with Gasteiger partial charge in [-0.05, 0) is 36.5 Å². The van der Waals surface area contributed by atoms with Crippen molar-refractivity contribution in [3.8, 4) is 0 Å². The first kappa shape index (κ1) is 12.0. The number of hydrogen-bond donors (Lipinski definition) is 1. The van der Waals surface area contributed by atoms with Gasteiger partial charge in [0.2, 0.25) is 0 Å². The lowest BCUT2D eigenvalue weighted by Crippen LogP contribution is -2.27. The average molecular weight is 288 g/mol. The van der Waals surface area contributed by atoms with Gasteiger partial charge >= 0.3 is 0 Å². The summed E-state index contributed by atoms with van der Waals surface area (Å²) in [4.78, 5) is 0. The molecule has 2 rings (SSSR count). The Balaban J connectivity index is 2.15. The minimum atomic E-state index is -0.241. The second kappa shape index (κ2) is 5.25. The zero-order valence-corrected chi connectivity index (χ0v) is 10.5. The molecule has 0 aromatic heterocycles. The minimum absolute atomic E-state index is 0.0427. The van der Waals surface area contributed by atoms with Crippen LogP contribution in [0.5, 0.6) is 0 Å². The van der Waals surface area contributed by atoms with E-state index in [0.29, 0.717) is 5.92 Å². The van der Waals surface area contributed by atoms with Crippen LogP contribution in [-0.2, 0) is 4.74 Å². The van der Waals surface area contributed by atoms with Crippen molar-refractivity contribution >= 4 is 15.9 Å². The molecule has 16 heavy (non-hydrogen) atoms. The molecule has 1 saturated heterocycles. The number of ether oxygens (including phenoxy) is 1. The van der Waals surface area contributed by atoms with Crippen LogP contribution in [0.2, 0.25) is 0 Å². The standard InChI is InChI=1S/C12H15BrFNO/c13-11-7-9(14)1-2-10(11)12(15)8-3-5-16-6-4-8/h1-2,7-8,12H,3-6,15H2. The highest BCUT2D eigenvalue weighted by Gasteiger charge is 2.23. The number of hydrogen-bond acceptors (Lipinski definition) is 2. The van der Waals surface area contributed by atoms with Gasteiger partial charge in [-0.3, -0.25) is 0 Å². The third kappa shape index (κ3) is 2.62. The summed E-state index contributed by atoms with van der Waals surface area (Å²) in [5.41, 5.74) is 7.19. The van der Waals surface area contributed by atoms with Crippen molar-refractivity contribution in [1.29, 1.82) is 0 Å². The fraction of sp³-hybridized carbons (Fsp3) is 0.500. The molecule has 1 aromatic carbocycles. The minimum Gasteiger partial charge on any atom is -0.381 e. The highest BCUT2D eigenvalue weighted by atomic mass is 79.9. The summed E-state index contributed by atoms with van der Waals surface area (Å²) in [5.74, 6) is 0.185. The van der Waals surface area contributed by atoms with Crippen molar-refractivity contribution in [2.75, 3.05) is 13.2 Å². The van der Waals surface area contributed by atoms with Crippen molar-refractivity contribution in [2.24, 2.45) is 11.7 Å². The molecule has 1 unspecified atom stereocenters. The van der Waals surface area contributed by atoms with Crippen molar-refractivity contribution in [2.45, 2.75) is 18.9 Å². The third-order valence-corrected chi connectivity index (χ3v) is 3.78. The van der Waals surface area contributed by atoms with E-state index in [2.05, 4.69) is 15.9 Å². The molecule has 1 atom stereocenters. The maximum atomic E-state index is 13.0. The average Bonchev–Trinajstić information content (AvgIpc) is 2.29. The molecule has 2 nitrogen and oxygen atoms in total. The van der Waals surface area contributed by atoms with Gasteiger partial charge in [0.15, 0.2) is 0 Å². The van der Waals surface area contributed by atoms with E-state index in [9.17, 15) is 4.39 Å². The quantitative estimate of drug-likeness (QED) is 0.908. The van der Waals surface area contributed by atoms with Crippen molar-refractivity contribution in [3.63, 3.8) is 0 Å². The maximum absolute atomic E-state index is 13.0. The Morgan fingerprint density at radius 3 is 2.69 bits per heavy atom. The lowest BCUT2D eigenvalue weighted by Gasteiger charge is -2.28. The van der Waals surface area contributed by atoms with E-state index < -0.39 is 0 Å². The summed E-state index contributed by atoms with van der Waals surface area (Å²) >= 11 is 3.36. The lowest BCUT2D eigenvalue weighted by molar-refractivity contribution is 0.0583. The Labute approximate surface area is 103 Å². The molecule has 1 aromatic rings. The van der Waals surface area contributed by atoms with E-state index >= 15 is 0 Å². The van der Waals surface area contributed by atoms with Gasteiger partial charge in [0.25, 0.3) is 0 Å². The summed E-state index contributed by atoms with van der Waals surface area (Å²) in [7, 11) is 0. The monoisotopic (exact) mass is 287 g/mol. The summed E-state index contributed by atoms with van der Waals surface area (Å²) < 4.78 is 19.0. The predicted molar refractivity (Wildman–Crippen MR) is 64.6 cm³/mol. The molecule has 2 N–H and O–H groups in total. The molecule has 1 aliphatic rings. The molecule has 0 amide bonds. The molecule has 0 spiro atoms. The maximum Gasteiger partial charge on any atom is 0.124 e. The first-order chi connectivity index (χ1) is 7.68. The number of halogens is 2. The van der Waals surface area contributed by atoms with E-state index in [0.717, 1.165) is 36.1 Å². The Morgan fingerprint density at radius 2 is 2.06 bits per heavy atom. The molecule has 0 radical (unpaired) electrons. The number of rotatable bonds is 2. The van der Waals surface area contributed by atoms with Crippen LogP contribution in [0.1, 0.15) is 24.4 Å². The normalized spacial score (nSPS) is 19.7. The molecule has 0 bridgehead atoms. The molecular weight excluding hydrogens is 273 g/mol. The van der Waals surface area contributed by atoms with Crippen LogP contribution >= 0.6 is 15.9 Å².